The highest BCUT2D eigenvalue weighted by molar-refractivity contribution is 7.87. The van der Waals surface area contributed by atoms with E-state index in [1.165, 1.54) is 6.08 Å². The van der Waals surface area contributed by atoms with Crippen LogP contribution < -0.4 is 15.4 Å². The van der Waals surface area contributed by atoms with Gasteiger partial charge in [0.05, 0.1) is 13.1 Å². The van der Waals surface area contributed by atoms with Gasteiger partial charge in [-0.1, -0.05) is 48.5 Å². The van der Waals surface area contributed by atoms with E-state index in [2.05, 4.69) is 46.7 Å². The molecule has 240 valence electrons. The molecular weight excluding hydrogens is 590 g/mol. The first-order valence-electron chi connectivity index (χ1n) is 14.3. The van der Waals surface area contributed by atoms with Gasteiger partial charge in [0.25, 0.3) is 0 Å². The van der Waals surface area contributed by atoms with Crippen molar-refractivity contribution in [1.82, 2.24) is 24.6 Å². The number of amides is 3. The minimum atomic E-state index is -4.51. The summed E-state index contributed by atoms with van der Waals surface area (Å²) in [4.78, 5) is 50.0. The molecule has 0 bridgehead atoms. The number of hydrogen-bond acceptors (Lipinski definition) is 8. The average Bonchev–Trinajstić information content (AvgIpc) is 2.95. The van der Waals surface area contributed by atoms with Gasteiger partial charge in [-0.05, 0) is 56.9 Å². The Bertz CT molecular complexity index is 1470. The highest BCUT2D eigenvalue weighted by atomic mass is 32.2. The van der Waals surface area contributed by atoms with Crippen molar-refractivity contribution in [1.29, 1.82) is 0 Å². The van der Waals surface area contributed by atoms with Gasteiger partial charge in [-0.25, -0.2) is 14.3 Å². The Balaban J connectivity index is 1.69. The molecule has 1 heterocycles. The molecule has 0 spiro atoms. The van der Waals surface area contributed by atoms with Crippen LogP contribution in [0, 0.1) is 0 Å². The molecule has 0 saturated carbocycles. The summed E-state index contributed by atoms with van der Waals surface area (Å²) in [7, 11) is -4.51. The molecule has 14 heteroatoms. The Labute approximate surface area is 257 Å². The van der Waals surface area contributed by atoms with Gasteiger partial charge < -0.3 is 20.5 Å². The van der Waals surface area contributed by atoms with Gasteiger partial charge in [0.15, 0.2) is 0 Å². The number of carbonyl (C=O) groups excluding carboxylic acids is 3. The van der Waals surface area contributed by atoms with Crippen LogP contribution in [-0.2, 0) is 29.3 Å². The van der Waals surface area contributed by atoms with Crippen molar-refractivity contribution in [3.63, 3.8) is 0 Å². The smallest absolute Gasteiger partial charge is 0.422 e. The molecule has 1 aliphatic rings. The molecule has 3 rings (SSSR count). The van der Waals surface area contributed by atoms with Gasteiger partial charge in [-0.2, -0.15) is 12.7 Å². The molecule has 4 N–H and O–H groups in total. The summed E-state index contributed by atoms with van der Waals surface area (Å²) in [6.07, 6.45) is 1.72. The maximum Gasteiger partial charge on any atom is 0.422 e. The molecule has 2 aromatic rings. The van der Waals surface area contributed by atoms with Gasteiger partial charge >= 0.3 is 22.3 Å². The molecule has 2 aromatic carbocycles. The fourth-order valence-corrected chi connectivity index (χ4v) is 6.28. The van der Waals surface area contributed by atoms with E-state index in [4.69, 9.17) is 9.84 Å². The number of nitrogens with one attached hydrogen (secondary N) is 3. The summed E-state index contributed by atoms with van der Waals surface area (Å²) < 4.78 is 34.8. The van der Waals surface area contributed by atoms with E-state index in [-0.39, 0.29) is 12.6 Å². The predicted molar refractivity (Wildman–Crippen MR) is 165 cm³/mol. The van der Waals surface area contributed by atoms with Crippen LogP contribution in [0.3, 0.4) is 0 Å². The molecule has 1 atom stereocenters. The van der Waals surface area contributed by atoms with E-state index in [0.29, 0.717) is 25.9 Å². The van der Waals surface area contributed by atoms with E-state index >= 15 is 0 Å². The maximum absolute atomic E-state index is 13.4. The van der Waals surface area contributed by atoms with Gasteiger partial charge in [-0.15, -0.1) is 0 Å². The number of carboxylic acid groups (broad SMARTS) is 1. The number of benzene rings is 2. The van der Waals surface area contributed by atoms with Crippen LogP contribution in [0.25, 0.3) is 10.8 Å². The SMILES string of the molecule is CC(c1cccc2ccccc12)N1CCC(N(CC(=O)NCC(=O)NC/C=C/C(=O)O)S(=O)(=O)NC(=O)OC(C)(C)C)CC1. The minimum absolute atomic E-state index is 0.0548. The Morgan fingerprint density at radius 3 is 2.36 bits per heavy atom. The standard InChI is InChI=1S/C30H41N5O8S/c1-21(24-12-7-10-22-9-5-6-11-25(22)24)34-17-14-23(15-18-34)35(44(41,42)33-29(40)43-30(2,3)4)20-27(37)32-19-26(36)31-16-8-13-28(38)39/h5-13,21,23H,14-20H2,1-4H3,(H,31,36)(H,32,37)(H,33,40)(H,38,39)/b13-8+. The van der Waals surface area contributed by atoms with Gasteiger partial charge in [0.1, 0.15) is 5.60 Å². The highest BCUT2D eigenvalue weighted by Crippen LogP contribution is 2.31. The van der Waals surface area contributed by atoms with Crippen molar-refractivity contribution in [2.24, 2.45) is 0 Å². The third kappa shape index (κ3) is 10.3. The Kier molecular flexibility index (Phi) is 11.9. The third-order valence-corrected chi connectivity index (χ3v) is 8.54. The summed E-state index contributed by atoms with van der Waals surface area (Å²) in [6.45, 7) is 6.85. The van der Waals surface area contributed by atoms with Crippen LogP contribution in [0.5, 0.6) is 0 Å². The molecule has 44 heavy (non-hydrogen) atoms. The van der Waals surface area contributed by atoms with Crippen molar-refractivity contribution in [3.8, 4) is 0 Å². The lowest BCUT2D eigenvalue weighted by molar-refractivity contribution is -0.131. The van der Waals surface area contributed by atoms with Gasteiger partial charge in [0, 0.05) is 37.8 Å². The number of rotatable bonds is 12. The van der Waals surface area contributed by atoms with E-state index in [1.807, 2.05) is 22.9 Å². The Morgan fingerprint density at radius 1 is 1.05 bits per heavy atom. The molecule has 0 aromatic heterocycles. The number of likely N-dealkylation sites (tertiary alicyclic amines) is 1. The van der Waals surface area contributed by atoms with E-state index in [1.54, 1.807) is 20.8 Å². The van der Waals surface area contributed by atoms with Crippen LogP contribution in [0.1, 0.15) is 52.1 Å². The quantitative estimate of drug-likeness (QED) is 0.256. The molecule has 13 nitrogen and oxygen atoms in total. The molecule has 1 saturated heterocycles. The van der Waals surface area contributed by atoms with Gasteiger partial charge in [-0.3, -0.25) is 14.5 Å². The number of carbonyl (C=O) groups is 4. The number of carboxylic acids is 1. The molecular formula is C30H41N5O8S. The zero-order valence-corrected chi connectivity index (χ0v) is 26.2. The average molecular weight is 632 g/mol. The molecule has 1 unspecified atom stereocenters. The van der Waals surface area contributed by atoms with Crippen molar-refractivity contribution < 1.29 is 37.4 Å². The second-order valence-corrected chi connectivity index (χ2v) is 13.1. The molecule has 3 amide bonds. The topological polar surface area (TPSA) is 174 Å². The first-order chi connectivity index (χ1) is 20.7. The normalized spacial score (nSPS) is 15.7. The number of hydrogen-bond donors (Lipinski definition) is 4. The van der Waals surface area contributed by atoms with E-state index in [9.17, 15) is 27.6 Å². The fourth-order valence-electron chi connectivity index (χ4n) is 5.02. The summed E-state index contributed by atoms with van der Waals surface area (Å²) in [5.74, 6) is -2.50. The van der Waals surface area contributed by atoms with Crippen molar-refractivity contribution >= 4 is 44.9 Å². The van der Waals surface area contributed by atoms with Crippen molar-refractivity contribution in [2.45, 2.75) is 58.2 Å². The zero-order valence-electron chi connectivity index (χ0n) is 25.4. The van der Waals surface area contributed by atoms with Crippen molar-refractivity contribution in [2.75, 3.05) is 32.7 Å². The molecule has 0 aliphatic carbocycles. The Hall–Kier alpha value is -4.01. The first-order valence-corrected chi connectivity index (χ1v) is 15.8. The van der Waals surface area contributed by atoms with Crippen LogP contribution in [0.15, 0.2) is 54.6 Å². The van der Waals surface area contributed by atoms with Crippen molar-refractivity contribution in [3.05, 3.63) is 60.2 Å². The first kappa shape index (κ1) is 34.5. The summed E-state index contributed by atoms with van der Waals surface area (Å²) >= 11 is 0. The third-order valence-electron chi connectivity index (χ3n) is 7.07. The monoisotopic (exact) mass is 631 g/mol. The number of aliphatic carboxylic acids is 1. The number of nitrogens with zero attached hydrogens (tertiary/aromatic N) is 2. The maximum atomic E-state index is 13.4. The largest absolute Gasteiger partial charge is 0.478 e. The van der Waals surface area contributed by atoms with E-state index < -0.39 is 58.8 Å². The second kappa shape index (κ2) is 15.1. The Morgan fingerprint density at radius 2 is 1.70 bits per heavy atom. The lowest BCUT2D eigenvalue weighted by Gasteiger charge is -2.40. The lowest BCUT2D eigenvalue weighted by Crippen LogP contribution is -2.55. The number of piperidine rings is 1. The summed E-state index contributed by atoms with van der Waals surface area (Å²) in [5, 5.41) is 15.7. The fraction of sp³-hybridized carbons (Fsp3) is 0.467. The van der Waals surface area contributed by atoms with E-state index in [0.717, 1.165) is 26.7 Å². The highest BCUT2D eigenvalue weighted by Gasteiger charge is 2.37. The molecule has 1 aliphatic heterocycles. The predicted octanol–water partition coefficient (Wildman–Crippen LogP) is 2.31. The summed E-state index contributed by atoms with van der Waals surface area (Å²) in [6, 6.07) is 13.7. The van der Waals surface area contributed by atoms with Crippen LogP contribution >= 0.6 is 0 Å². The van der Waals surface area contributed by atoms with Gasteiger partial charge in [0.2, 0.25) is 11.8 Å². The lowest BCUT2D eigenvalue weighted by atomic mass is 9.96. The molecule has 0 radical (unpaired) electrons. The minimum Gasteiger partial charge on any atom is -0.478 e. The summed E-state index contributed by atoms with van der Waals surface area (Å²) in [5.41, 5.74) is 0.214. The number of fused-ring (bicyclic) bond motifs is 1. The zero-order chi connectivity index (χ0) is 32.5. The van der Waals surface area contributed by atoms with Crippen LogP contribution in [0.4, 0.5) is 4.79 Å². The number of ether oxygens (including phenoxy) is 1. The second-order valence-electron chi connectivity index (χ2n) is 11.5. The van der Waals surface area contributed by atoms with Crippen LogP contribution in [0.2, 0.25) is 0 Å². The molecule has 1 fully saturated rings. The van der Waals surface area contributed by atoms with Crippen LogP contribution in [-0.4, -0.2) is 91.0 Å².